The van der Waals surface area contributed by atoms with Crippen molar-refractivity contribution in [2.45, 2.75) is 41.2 Å². The molecule has 5 nitrogen and oxygen atoms in total. The lowest BCUT2D eigenvalue weighted by molar-refractivity contribution is -0.141. The SMILES string of the molecule is CC(=O)N/C(=C\c1ccccc1)C(=O)OCc1c(C)cc(C)c(C(C)=O)c1C. The summed E-state index contributed by atoms with van der Waals surface area (Å²) in [5, 5.41) is 2.53. The second-order valence-electron chi connectivity index (χ2n) is 6.77. The molecule has 5 heteroatoms. The Morgan fingerprint density at radius 2 is 1.64 bits per heavy atom. The number of esters is 1. The largest absolute Gasteiger partial charge is 0.456 e. The van der Waals surface area contributed by atoms with Crippen LogP contribution in [0.15, 0.2) is 42.1 Å². The van der Waals surface area contributed by atoms with E-state index in [2.05, 4.69) is 5.32 Å². The van der Waals surface area contributed by atoms with Crippen LogP contribution in [-0.2, 0) is 20.9 Å². The van der Waals surface area contributed by atoms with E-state index in [1.54, 1.807) is 6.08 Å². The van der Waals surface area contributed by atoms with E-state index in [1.807, 2.05) is 57.2 Å². The molecule has 2 aromatic rings. The van der Waals surface area contributed by atoms with E-state index < -0.39 is 5.97 Å². The third kappa shape index (κ3) is 5.16. The summed E-state index contributed by atoms with van der Waals surface area (Å²) in [6.45, 7) is 8.54. The van der Waals surface area contributed by atoms with Gasteiger partial charge in [0.2, 0.25) is 5.91 Å². The molecule has 1 N–H and O–H groups in total. The van der Waals surface area contributed by atoms with Crippen LogP contribution in [0.5, 0.6) is 0 Å². The maximum Gasteiger partial charge on any atom is 0.355 e. The van der Waals surface area contributed by atoms with Crippen LogP contribution < -0.4 is 5.32 Å². The Balaban J connectivity index is 2.28. The van der Waals surface area contributed by atoms with Gasteiger partial charge in [0.05, 0.1) is 0 Å². The first-order chi connectivity index (χ1) is 13.2. The number of rotatable bonds is 6. The predicted octanol–water partition coefficient (Wildman–Crippen LogP) is 4.03. The van der Waals surface area contributed by atoms with Gasteiger partial charge < -0.3 is 10.1 Å². The van der Waals surface area contributed by atoms with Crippen LogP contribution >= 0.6 is 0 Å². The van der Waals surface area contributed by atoms with Crippen LogP contribution in [0.1, 0.15) is 52.0 Å². The van der Waals surface area contributed by atoms with Gasteiger partial charge in [-0.3, -0.25) is 9.59 Å². The third-order valence-electron chi connectivity index (χ3n) is 4.47. The lowest BCUT2D eigenvalue weighted by Crippen LogP contribution is -2.26. The summed E-state index contributed by atoms with van der Waals surface area (Å²) in [6.07, 6.45) is 1.57. The van der Waals surface area contributed by atoms with Crippen molar-refractivity contribution in [3.63, 3.8) is 0 Å². The molecule has 0 fully saturated rings. The van der Waals surface area contributed by atoms with Gasteiger partial charge in [-0.2, -0.15) is 0 Å². The lowest BCUT2D eigenvalue weighted by atomic mass is 9.92. The van der Waals surface area contributed by atoms with E-state index in [9.17, 15) is 14.4 Å². The zero-order valence-corrected chi connectivity index (χ0v) is 16.9. The normalized spacial score (nSPS) is 11.1. The van der Waals surface area contributed by atoms with Crippen LogP contribution in [0.2, 0.25) is 0 Å². The summed E-state index contributed by atoms with van der Waals surface area (Å²) in [7, 11) is 0. The van der Waals surface area contributed by atoms with Crippen LogP contribution in [0.25, 0.3) is 6.08 Å². The number of hydrogen-bond acceptors (Lipinski definition) is 4. The maximum atomic E-state index is 12.6. The van der Waals surface area contributed by atoms with Crippen molar-refractivity contribution in [2.24, 2.45) is 0 Å². The molecule has 0 bridgehead atoms. The molecule has 146 valence electrons. The molecule has 0 heterocycles. The zero-order valence-electron chi connectivity index (χ0n) is 16.9. The van der Waals surface area contributed by atoms with Gasteiger partial charge >= 0.3 is 5.97 Å². The molecule has 28 heavy (non-hydrogen) atoms. The number of benzene rings is 2. The number of carbonyl (C=O) groups is 3. The van der Waals surface area contributed by atoms with E-state index in [0.29, 0.717) is 5.56 Å². The summed E-state index contributed by atoms with van der Waals surface area (Å²) in [4.78, 5) is 36.0. The Morgan fingerprint density at radius 1 is 1.00 bits per heavy atom. The van der Waals surface area contributed by atoms with E-state index in [-0.39, 0.29) is 24.0 Å². The van der Waals surface area contributed by atoms with Gasteiger partial charge in [0, 0.05) is 12.5 Å². The van der Waals surface area contributed by atoms with Crippen LogP contribution in [-0.4, -0.2) is 17.7 Å². The summed E-state index contributed by atoms with van der Waals surface area (Å²) in [5.74, 6) is -1.02. The van der Waals surface area contributed by atoms with Gasteiger partial charge in [-0.15, -0.1) is 0 Å². The Labute approximate surface area is 165 Å². The molecule has 0 aromatic heterocycles. The van der Waals surface area contributed by atoms with Gasteiger partial charge in [-0.25, -0.2) is 4.79 Å². The average Bonchev–Trinajstić information content (AvgIpc) is 2.60. The molecule has 2 rings (SSSR count). The van der Waals surface area contributed by atoms with Crippen molar-refractivity contribution >= 4 is 23.7 Å². The molecule has 0 aliphatic heterocycles. The highest BCUT2D eigenvalue weighted by atomic mass is 16.5. The minimum atomic E-state index is -0.636. The standard InChI is InChI=1S/C23H25NO4/c1-14-11-15(2)22(17(4)25)16(3)20(14)13-28-23(27)21(24-18(5)26)12-19-9-7-6-8-10-19/h6-12H,13H2,1-5H3,(H,24,26)/b21-12-. The van der Waals surface area contributed by atoms with E-state index in [4.69, 9.17) is 4.74 Å². The summed E-state index contributed by atoms with van der Waals surface area (Å²) < 4.78 is 5.47. The molecule has 2 aromatic carbocycles. The Morgan fingerprint density at radius 3 is 2.21 bits per heavy atom. The van der Waals surface area contributed by atoms with Crippen molar-refractivity contribution in [1.82, 2.24) is 5.32 Å². The summed E-state index contributed by atoms with van der Waals surface area (Å²) in [6, 6.07) is 11.1. The molecule has 1 amide bonds. The smallest absolute Gasteiger partial charge is 0.355 e. The molecule has 0 aliphatic carbocycles. The maximum absolute atomic E-state index is 12.6. The summed E-state index contributed by atoms with van der Waals surface area (Å²) >= 11 is 0. The van der Waals surface area contributed by atoms with Crippen molar-refractivity contribution in [1.29, 1.82) is 0 Å². The molecule has 0 aliphatic rings. The fraction of sp³-hybridized carbons (Fsp3) is 0.261. The molecular formula is C23H25NO4. The first-order valence-electron chi connectivity index (χ1n) is 9.02. The molecule has 0 saturated heterocycles. The molecular weight excluding hydrogens is 354 g/mol. The highest BCUT2D eigenvalue weighted by Gasteiger charge is 2.18. The highest BCUT2D eigenvalue weighted by molar-refractivity contribution is 5.98. The molecule has 0 saturated carbocycles. The number of ketones is 1. The number of Topliss-reactive ketones (excluding diaryl/α,β-unsaturated/α-hetero) is 1. The topological polar surface area (TPSA) is 72.5 Å². The molecule has 0 unspecified atom stereocenters. The van der Waals surface area contributed by atoms with E-state index in [1.165, 1.54) is 13.8 Å². The van der Waals surface area contributed by atoms with Crippen LogP contribution in [0.3, 0.4) is 0 Å². The Kier molecular flexibility index (Phi) is 6.88. The minimum Gasteiger partial charge on any atom is -0.456 e. The summed E-state index contributed by atoms with van der Waals surface area (Å²) in [5.41, 5.74) is 4.94. The van der Waals surface area contributed by atoms with Gasteiger partial charge in [0.15, 0.2) is 5.78 Å². The average molecular weight is 379 g/mol. The second-order valence-corrected chi connectivity index (χ2v) is 6.77. The fourth-order valence-corrected chi connectivity index (χ4v) is 3.26. The number of nitrogens with one attached hydrogen (secondary N) is 1. The molecule has 0 atom stereocenters. The first-order valence-corrected chi connectivity index (χ1v) is 9.02. The van der Waals surface area contributed by atoms with E-state index >= 15 is 0 Å². The number of carbonyl (C=O) groups excluding carboxylic acids is 3. The minimum absolute atomic E-state index is 0.0166. The molecule has 0 spiro atoms. The van der Waals surface area contributed by atoms with Crippen LogP contribution in [0.4, 0.5) is 0 Å². The van der Waals surface area contributed by atoms with Crippen LogP contribution in [0, 0.1) is 20.8 Å². The number of amides is 1. The number of hydrogen-bond donors (Lipinski definition) is 1. The van der Waals surface area contributed by atoms with Gasteiger partial charge in [0.25, 0.3) is 0 Å². The molecule has 0 radical (unpaired) electrons. The van der Waals surface area contributed by atoms with Gasteiger partial charge in [-0.1, -0.05) is 36.4 Å². The Bertz CT molecular complexity index is 943. The van der Waals surface area contributed by atoms with Gasteiger partial charge in [-0.05, 0) is 61.6 Å². The quantitative estimate of drug-likeness (QED) is 0.467. The second kappa shape index (κ2) is 9.13. The Hall–Kier alpha value is -3.21. The van der Waals surface area contributed by atoms with E-state index in [0.717, 1.165) is 27.8 Å². The fourth-order valence-electron chi connectivity index (χ4n) is 3.26. The van der Waals surface area contributed by atoms with Crippen molar-refractivity contribution in [2.75, 3.05) is 0 Å². The predicted molar refractivity (Wildman–Crippen MR) is 109 cm³/mol. The third-order valence-corrected chi connectivity index (χ3v) is 4.47. The van der Waals surface area contributed by atoms with Crippen molar-refractivity contribution in [3.8, 4) is 0 Å². The first kappa shape index (κ1) is 21.1. The number of aryl methyl sites for hydroxylation is 2. The zero-order chi connectivity index (χ0) is 20.8. The number of ether oxygens (including phenoxy) is 1. The lowest BCUT2D eigenvalue weighted by Gasteiger charge is -2.16. The monoisotopic (exact) mass is 379 g/mol. The van der Waals surface area contributed by atoms with Gasteiger partial charge in [0.1, 0.15) is 12.3 Å². The van der Waals surface area contributed by atoms with Crippen molar-refractivity contribution < 1.29 is 19.1 Å². The highest BCUT2D eigenvalue weighted by Crippen LogP contribution is 2.24. The van der Waals surface area contributed by atoms with Crippen molar-refractivity contribution in [3.05, 3.63) is 75.5 Å².